The summed E-state index contributed by atoms with van der Waals surface area (Å²) in [5, 5.41) is 106. The second-order valence-electron chi connectivity index (χ2n) is 23.0. The van der Waals surface area contributed by atoms with Crippen molar-refractivity contribution >= 4 is 71.6 Å². The fourth-order valence-electron chi connectivity index (χ4n) is 8.81. The summed E-state index contributed by atoms with van der Waals surface area (Å²) < 4.78 is 98.3. The molecule has 108 heavy (non-hydrogen) atoms. The summed E-state index contributed by atoms with van der Waals surface area (Å²) in [5.41, 5.74) is 0. The van der Waals surface area contributed by atoms with Gasteiger partial charge in [-0.1, -0.05) is 0 Å². The highest BCUT2D eigenvalue weighted by Crippen LogP contribution is 2.28. The van der Waals surface area contributed by atoms with Crippen LogP contribution in [0.3, 0.4) is 0 Å². The molecule has 0 amide bonds. The molecule has 8 aliphatic heterocycles. The lowest BCUT2D eigenvalue weighted by Crippen LogP contribution is -2.58. The Morgan fingerprint density at radius 1 is 0.250 bits per heavy atom. The fraction of sp³-hybridized carbons (Fsp3) is 0.688. The van der Waals surface area contributed by atoms with Gasteiger partial charge in [-0.2, -0.15) is 0 Å². The first-order valence-electron chi connectivity index (χ1n) is 32.3. The van der Waals surface area contributed by atoms with Crippen LogP contribution in [0, 0.1) is 0 Å². The normalized spacial score (nSPS) is 32.2. The van der Waals surface area contributed by atoms with Gasteiger partial charge in [-0.3, -0.25) is 57.5 Å². The zero-order valence-corrected chi connectivity index (χ0v) is 60.6. The first kappa shape index (κ1) is 97.2. The predicted molar refractivity (Wildman–Crippen MR) is 343 cm³/mol. The van der Waals surface area contributed by atoms with E-state index in [-0.39, 0.29) is 52.9 Å². The van der Waals surface area contributed by atoms with Crippen molar-refractivity contribution in [3.8, 4) is 0 Å². The van der Waals surface area contributed by atoms with Gasteiger partial charge in [0.1, 0.15) is 87.5 Å². The molecule has 44 heteroatoms. The van der Waals surface area contributed by atoms with Crippen molar-refractivity contribution in [3.05, 3.63) is 49.4 Å². The van der Waals surface area contributed by atoms with E-state index in [1.165, 1.54) is 78.7 Å². The minimum absolute atomic E-state index is 0.153. The molecule has 0 aromatic carbocycles. The number of hydrogen-bond acceptors (Lipinski definition) is 44. The van der Waals surface area contributed by atoms with Gasteiger partial charge in [0.2, 0.25) is 24.8 Å². The van der Waals surface area contributed by atoms with Crippen LogP contribution in [0.15, 0.2) is 49.4 Å². The Labute approximate surface area is 616 Å². The second-order valence-corrected chi connectivity index (χ2v) is 23.0. The average molecular weight is 1570 g/mol. The smallest absolute Gasteiger partial charge is 0.305 e. The maximum Gasteiger partial charge on any atom is 0.305 e. The molecule has 0 bridgehead atoms. The summed E-state index contributed by atoms with van der Waals surface area (Å²) in [6, 6.07) is 0. The summed E-state index contributed by atoms with van der Waals surface area (Å²) in [5.74, 6) is -7.04. The lowest BCUT2D eigenvalue weighted by molar-refractivity contribution is -0.273. The van der Waals surface area contributed by atoms with Crippen LogP contribution in [0.25, 0.3) is 0 Å². The molecule has 0 aliphatic carbocycles. The third-order valence-electron chi connectivity index (χ3n) is 13.4. The lowest BCUT2D eigenvalue weighted by Gasteiger charge is -2.39. The molecular weight excluding hydrogens is 1470 g/mol. The van der Waals surface area contributed by atoms with Crippen molar-refractivity contribution in [1.29, 1.82) is 0 Å². The van der Waals surface area contributed by atoms with Crippen molar-refractivity contribution in [2.24, 2.45) is 0 Å². The molecule has 0 radical (unpaired) electrons. The lowest BCUT2D eigenvalue weighted by atomic mass is 10.0. The first-order valence-corrected chi connectivity index (χ1v) is 32.3. The highest BCUT2D eigenvalue weighted by Gasteiger charge is 2.50. The summed E-state index contributed by atoms with van der Waals surface area (Å²) in [7, 11) is 0. The van der Waals surface area contributed by atoms with E-state index >= 15 is 0 Å². The molecule has 616 valence electrons. The molecule has 4 saturated heterocycles. The topological polar surface area (TPSA) is 632 Å². The van der Waals surface area contributed by atoms with Crippen LogP contribution < -0.4 is 0 Å². The van der Waals surface area contributed by atoms with Gasteiger partial charge in [0.15, 0.2) is 61.4 Å². The van der Waals surface area contributed by atoms with Crippen molar-refractivity contribution in [1.82, 2.24) is 0 Å². The van der Waals surface area contributed by atoms with E-state index in [2.05, 4.69) is 18.9 Å². The van der Waals surface area contributed by atoms with Gasteiger partial charge in [0, 0.05) is 83.1 Å². The molecule has 44 nitrogen and oxygen atoms in total. The van der Waals surface area contributed by atoms with E-state index in [0.29, 0.717) is 0 Å². The minimum atomic E-state index is -1.41. The number of rotatable bonds is 12. The van der Waals surface area contributed by atoms with Crippen LogP contribution in [0.2, 0.25) is 0 Å². The molecule has 8 aliphatic rings. The minimum Gasteiger partial charge on any atom is -0.499 e. The Kier molecular flexibility index (Phi) is 45.6. The first-order chi connectivity index (χ1) is 50.4. The number of aliphatic hydroxyl groups excluding tert-OH is 12. The average Bonchev–Trinajstić information content (AvgIpc) is 0.807. The molecule has 4 fully saturated rings. The van der Waals surface area contributed by atoms with E-state index in [1.54, 1.807) is 12.2 Å². The Morgan fingerprint density at radius 3 is 0.741 bits per heavy atom. The van der Waals surface area contributed by atoms with Gasteiger partial charge < -0.3 is 156 Å². The monoisotopic (exact) mass is 1570 g/mol. The molecule has 24 atom stereocenters. The third-order valence-corrected chi connectivity index (χ3v) is 13.4. The number of carbonyl (C=O) groups is 12. The summed E-state index contributed by atoms with van der Waals surface area (Å²) in [6.07, 6.45) is -13.4. The Balaban J connectivity index is 0.000000634. The van der Waals surface area contributed by atoms with E-state index in [4.69, 9.17) is 137 Å². The number of carbonyl (C=O) groups excluding carboxylic acids is 12. The predicted octanol–water partition coefficient (Wildman–Crippen LogP) is -6.47. The molecule has 8 rings (SSSR count). The van der Waals surface area contributed by atoms with Gasteiger partial charge in [0.25, 0.3) is 0 Å². The Morgan fingerprint density at radius 2 is 0.500 bits per heavy atom. The second kappa shape index (κ2) is 50.7. The highest BCUT2D eigenvalue weighted by molar-refractivity contribution is 5.71. The van der Waals surface area contributed by atoms with Crippen molar-refractivity contribution in [3.63, 3.8) is 0 Å². The Bertz CT molecular complexity index is 2650. The van der Waals surface area contributed by atoms with Crippen LogP contribution in [0.5, 0.6) is 0 Å². The molecule has 12 N–H and O–H groups in total. The van der Waals surface area contributed by atoms with Crippen LogP contribution >= 0.6 is 0 Å². The van der Waals surface area contributed by atoms with Gasteiger partial charge in [-0.25, -0.2) is 0 Å². The zero-order chi connectivity index (χ0) is 82.2. The van der Waals surface area contributed by atoms with Crippen molar-refractivity contribution < 1.29 is 214 Å². The molecular formula is C64H96O44. The number of esters is 12. The Hall–Kier alpha value is -8.84. The third kappa shape index (κ3) is 39.3. The van der Waals surface area contributed by atoms with Crippen molar-refractivity contribution in [2.75, 3.05) is 52.9 Å². The van der Waals surface area contributed by atoms with Crippen LogP contribution in [0.1, 0.15) is 83.1 Å². The van der Waals surface area contributed by atoms with Crippen LogP contribution in [0.4, 0.5) is 0 Å². The van der Waals surface area contributed by atoms with Gasteiger partial charge >= 0.3 is 71.6 Å². The van der Waals surface area contributed by atoms with Gasteiger partial charge in [-0.05, 0) is 24.3 Å². The quantitative estimate of drug-likeness (QED) is 0.0639. The molecule has 0 saturated carbocycles. The molecule has 0 aromatic rings. The number of aliphatic hydroxyl groups is 12. The van der Waals surface area contributed by atoms with Gasteiger partial charge in [-0.15, -0.1) is 0 Å². The maximum atomic E-state index is 11.3. The summed E-state index contributed by atoms with van der Waals surface area (Å²) >= 11 is 0. The SMILES string of the molecule is CC(=O)O[C@@H]1C=COC[C@H]1OC(C)=O.CC(=O)O[C@@H]1OC[C@@H](OC(C)=O)[C@H](OC(C)=O)[C@H]1OC(C)=O.CC(=O)O[C@H]1C=COC[C@H]1OC(C)=O.CC(=O)O[C@H]1OC[C@@H](OC(C)=O)[C@@H](OC(C)=O)[C@@H]1OC(C)=O.OC1OC[C@@H](O)[C@@H](O)[C@@H]1O.OC1OC[C@@H](O)[C@H](O)[C@H]1O.O[C@@H]1C=COC[C@H]1O.O[C@@H]1COC=C[C@@H]1O. The van der Waals surface area contributed by atoms with E-state index in [1.807, 2.05) is 0 Å². The molecule has 0 aromatic heterocycles. The van der Waals surface area contributed by atoms with Crippen LogP contribution in [-0.2, 0) is 152 Å². The summed E-state index contributed by atoms with van der Waals surface area (Å²) in [6.45, 7) is 14.5. The number of hydrogen-bond donors (Lipinski definition) is 12. The standard InChI is InChI=1S/2C13H18O9.2C9H12O5.2C5H10O5.2C5H8O3/c2*1-6(14)19-10-5-18-13(22-9(4)17)12(21-8(3)16)11(10)20-7(2)15;2*1-6(10)13-8-3-4-12-5-9(8)14-7(2)11;2*6-2-1-10-5(9)4(8)3(2)7;2*6-4-1-2-8-3-5(4)7/h2*10-13H,5H2,1-4H3;2*3-4,8-9H,5H2,1-2H3;2*2-9H,1H2;2*1-2,4-7H,3H2/t10-,11+,12-,13+;10-,11-,12+,13-;8-,9+;8-,9-;2-,3+,4-,5?;2-,3-,4+,5?;4-,5+;4-,5-/m11011101/s1. The van der Waals surface area contributed by atoms with E-state index in [0.717, 1.165) is 41.5 Å². The molecule has 8 heterocycles. The largest absolute Gasteiger partial charge is 0.499 e. The highest BCUT2D eigenvalue weighted by atomic mass is 16.8. The van der Waals surface area contributed by atoms with Gasteiger partial charge in [0.05, 0.1) is 51.5 Å². The molecule has 0 spiro atoms. The maximum absolute atomic E-state index is 11.3. The van der Waals surface area contributed by atoms with Crippen LogP contribution in [-0.4, -0.2) is 333 Å². The summed E-state index contributed by atoms with van der Waals surface area (Å²) in [4.78, 5) is 132. The number of ether oxygens (including phenoxy) is 20. The van der Waals surface area contributed by atoms with E-state index in [9.17, 15) is 57.5 Å². The van der Waals surface area contributed by atoms with Crippen molar-refractivity contribution in [2.45, 2.75) is 230 Å². The zero-order valence-electron chi connectivity index (χ0n) is 60.6. The fourth-order valence-corrected chi connectivity index (χ4v) is 8.81. The molecule has 2 unspecified atom stereocenters. The van der Waals surface area contributed by atoms with E-state index < -0.39 is 219 Å².